The van der Waals surface area contributed by atoms with Crippen LogP contribution in [0.25, 0.3) is 21.3 Å². The highest BCUT2D eigenvalue weighted by Gasteiger charge is 2.32. The number of ether oxygens (including phenoxy) is 2. The molecule has 2 aromatic heterocycles. The number of hydrogen-bond acceptors (Lipinski definition) is 8. The molecule has 1 aliphatic carbocycles. The highest BCUT2D eigenvalue weighted by molar-refractivity contribution is 7.96. The van der Waals surface area contributed by atoms with E-state index in [1.54, 1.807) is 36.5 Å². The molecule has 0 spiro atoms. The fourth-order valence-corrected chi connectivity index (χ4v) is 6.65. The van der Waals surface area contributed by atoms with Crippen LogP contribution in [-0.2, 0) is 11.3 Å². The molecule has 3 heterocycles. The lowest BCUT2D eigenvalue weighted by Crippen LogP contribution is -2.41. The number of amides is 1. The molecule has 9 nitrogen and oxygen atoms in total. The third-order valence-electron chi connectivity index (χ3n) is 6.63. The molecule has 1 aromatic carbocycles. The smallest absolute Gasteiger partial charge is 0.408 e. The van der Waals surface area contributed by atoms with E-state index in [9.17, 15) is 19.5 Å². The Bertz CT molecular complexity index is 1480. The van der Waals surface area contributed by atoms with Crippen molar-refractivity contribution in [2.24, 2.45) is 0 Å². The van der Waals surface area contributed by atoms with Crippen molar-refractivity contribution in [3.8, 4) is 16.2 Å². The molecule has 38 heavy (non-hydrogen) atoms. The number of carbonyl (C=O) groups is 2. The molecule has 202 valence electrons. The average Bonchev–Trinajstić information content (AvgIpc) is 3.60. The van der Waals surface area contributed by atoms with E-state index in [0.29, 0.717) is 23.2 Å². The number of nitrogens with zero attached hydrogens (tertiary/aromatic N) is 2. The number of nitrogens with one attached hydrogen (secondary N) is 1. The Morgan fingerprint density at radius 2 is 1.97 bits per heavy atom. The minimum Gasteiger partial charge on any atom is -0.494 e. The summed E-state index contributed by atoms with van der Waals surface area (Å²) in [5.74, 6) is -0.692. The van der Waals surface area contributed by atoms with Gasteiger partial charge in [-0.15, -0.1) is 11.3 Å². The van der Waals surface area contributed by atoms with Gasteiger partial charge in [-0.1, -0.05) is 11.9 Å². The van der Waals surface area contributed by atoms with Gasteiger partial charge in [-0.05, 0) is 63.6 Å². The van der Waals surface area contributed by atoms with E-state index < -0.39 is 23.1 Å². The second-order valence-electron chi connectivity index (χ2n) is 10.6. The van der Waals surface area contributed by atoms with Crippen molar-refractivity contribution in [1.82, 2.24) is 14.2 Å². The van der Waals surface area contributed by atoms with E-state index in [1.807, 2.05) is 37.7 Å². The predicted molar refractivity (Wildman–Crippen MR) is 149 cm³/mol. The maximum atomic E-state index is 13.0. The third kappa shape index (κ3) is 5.02. The number of benzene rings is 1. The summed E-state index contributed by atoms with van der Waals surface area (Å²) in [5, 5.41) is 13.0. The first-order valence-electron chi connectivity index (χ1n) is 12.4. The number of aromatic carboxylic acids is 1. The molecule has 1 saturated carbocycles. The number of carboxylic acid groups (broad SMARTS) is 1. The second kappa shape index (κ2) is 9.94. The van der Waals surface area contributed by atoms with Crippen molar-refractivity contribution in [3.05, 3.63) is 50.6 Å². The Morgan fingerprint density at radius 3 is 2.58 bits per heavy atom. The van der Waals surface area contributed by atoms with Crippen molar-refractivity contribution in [1.29, 1.82) is 0 Å². The van der Waals surface area contributed by atoms with Crippen molar-refractivity contribution >= 4 is 46.3 Å². The van der Waals surface area contributed by atoms with Gasteiger partial charge in [-0.3, -0.25) is 4.79 Å². The molecular formula is C27H31N3O6S2. The molecule has 1 aliphatic heterocycles. The van der Waals surface area contributed by atoms with E-state index in [2.05, 4.69) is 15.7 Å². The Labute approximate surface area is 228 Å². The van der Waals surface area contributed by atoms with Crippen LogP contribution in [0.3, 0.4) is 0 Å². The molecule has 1 fully saturated rings. The van der Waals surface area contributed by atoms with Gasteiger partial charge < -0.3 is 24.5 Å². The summed E-state index contributed by atoms with van der Waals surface area (Å²) >= 11 is 3.20. The zero-order chi connectivity index (χ0) is 27.4. The number of alkyl carbamates (subject to hydrolysis) is 1. The summed E-state index contributed by atoms with van der Waals surface area (Å²) in [6.45, 7) is 6.88. The molecule has 3 aromatic rings. The first kappa shape index (κ1) is 26.6. The summed E-state index contributed by atoms with van der Waals surface area (Å²) < 4.78 is 15.5. The number of aromatic nitrogens is 1. The van der Waals surface area contributed by atoms with Crippen LogP contribution in [0.4, 0.5) is 4.79 Å². The van der Waals surface area contributed by atoms with Gasteiger partial charge in [0.1, 0.15) is 11.2 Å². The molecular weight excluding hydrogens is 526 g/mol. The molecule has 0 saturated heterocycles. The molecule has 0 radical (unpaired) electrons. The van der Waals surface area contributed by atoms with Crippen LogP contribution in [0, 0.1) is 0 Å². The minimum absolute atomic E-state index is 0.134. The molecule has 5 rings (SSSR count). The topological polar surface area (TPSA) is 110 Å². The molecule has 1 atom stereocenters. The van der Waals surface area contributed by atoms with E-state index >= 15 is 0 Å². The molecule has 2 aliphatic rings. The molecule has 2 N–H and O–H groups in total. The van der Waals surface area contributed by atoms with Crippen LogP contribution in [0.5, 0.6) is 5.75 Å². The Morgan fingerprint density at radius 1 is 1.24 bits per heavy atom. The number of rotatable bonds is 6. The number of carboxylic acids is 1. The lowest BCUT2D eigenvalue weighted by atomic mass is 10.0. The monoisotopic (exact) mass is 557 g/mol. The molecule has 1 amide bonds. The van der Waals surface area contributed by atoms with Crippen LogP contribution in [0.2, 0.25) is 0 Å². The van der Waals surface area contributed by atoms with E-state index in [4.69, 9.17) is 9.47 Å². The highest BCUT2D eigenvalue weighted by atomic mass is 32.2. The van der Waals surface area contributed by atoms with Crippen LogP contribution >= 0.6 is 23.3 Å². The number of fused-ring (bicyclic) bond motifs is 2. The zero-order valence-corrected chi connectivity index (χ0v) is 23.6. The zero-order valence-electron chi connectivity index (χ0n) is 22.0. The van der Waals surface area contributed by atoms with Crippen LogP contribution in [-0.4, -0.2) is 51.6 Å². The number of hydrogen-bond donors (Lipinski definition) is 2. The Hall–Kier alpha value is -3.02. The minimum atomic E-state index is -1.23. The maximum absolute atomic E-state index is 13.0. The van der Waals surface area contributed by atoms with Crippen LogP contribution in [0.15, 0.2) is 29.2 Å². The fraction of sp³-hybridized carbons (Fsp3) is 0.444. The van der Waals surface area contributed by atoms with Crippen molar-refractivity contribution < 1.29 is 24.2 Å². The van der Waals surface area contributed by atoms with Gasteiger partial charge in [0.2, 0.25) is 5.43 Å². The normalized spacial score (nSPS) is 17.8. The first-order chi connectivity index (χ1) is 18.0. The van der Waals surface area contributed by atoms with Gasteiger partial charge >= 0.3 is 12.1 Å². The first-order valence-corrected chi connectivity index (χ1v) is 14.4. The summed E-state index contributed by atoms with van der Waals surface area (Å²) in [7, 11) is 1.57. The van der Waals surface area contributed by atoms with E-state index in [1.165, 1.54) is 6.20 Å². The number of carbonyl (C=O) groups excluding carboxylic acids is 1. The second-order valence-corrected chi connectivity index (χ2v) is 12.5. The Balaban J connectivity index is 1.61. The van der Waals surface area contributed by atoms with Crippen LogP contribution < -0.4 is 15.5 Å². The van der Waals surface area contributed by atoms with Crippen molar-refractivity contribution in [2.45, 2.75) is 57.8 Å². The SMILES string of the molecule is COc1c(-c2cc3c(s2)C(NC(=O)OC(C)(C)C)CN(SC)C3)ccc2c(=O)c(C(=O)O)cn(C3CC3)c12. The quantitative estimate of drug-likeness (QED) is 0.386. The fourth-order valence-electron chi connectivity index (χ4n) is 4.85. The lowest BCUT2D eigenvalue weighted by Gasteiger charge is -2.32. The average molecular weight is 558 g/mol. The highest BCUT2D eigenvalue weighted by Crippen LogP contribution is 2.46. The van der Waals surface area contributed by atoms with E-state index in [-0.39, 0.29) is 17.6 Å². The summed E-state index contributed by atoms with van der Waals surface area (Å²) in [5.41, 5.74) is 1.19. The van der Waals surface area contributed by atoms with Gasteiger partial charge in [0.15, 0.2) is 5.75 Å². The van der Waals surface area contributed by atoms with Crippen molar-refractivity contribution in [3.63, 3.8) is 0 Å². The third-order valence-corrected chi connectivity index (χ3v) is 8.75. The van der Waals surface area contributed by atoms with Gasteiger partial charge in [-0.25, -0.2) is 13.9 Å². The number of pyridine rings is 1. The van der Waals surface area contributed by atoms with Gasteiger partial charge in [-0.2, -0.15) is 0 Å². The van der Waals surface area contributed by atoms with Gasteiger partial charge in [0.25, 0.3) is 0 Å². The summed E-state index contributed by atoms with van der Waals surface area (Å²) in [6, 6.07) is 5.53. The predicted octanol–water partition coefficient (Wildman–Crippen LogP) is 5.43. The molecule has 1 unspecified atom stereocenters. The summed E-state index contributed by atoms with van der Waals surface area (Å²) in [4.78, 5) is 39.4. The molecule has 0 bridgehead atoms. The van der Waals surface area contributed by atoms with Gasteiger partial charge in [0, 0.05) is 40.6 Å². The number of methoxy groups -OCH3 is 1. The van der Waals surface area contributed by atoms with Gasteiger partial charge in [0.05, 0.1) is 24.1 Å². The molecule has 11 heteroatoms. The summed E-state index contributed by atoms with van der Waals surface area (Å²) in [6.07, 6.45) is 4.84. The largest absolute Gasteiger partial charge is 0.494 e. The van der Waals surface area contributed by atoms with Crippen LogP contribution in [0.1, 0.15) is 66.5 Å². The Kier molecular flexibility index (Phi) is 6.95. The van der Waals surface area contributed by atoms with Crippen molar-refractivity contribution in [2.75, 3.05) is 19.9 Å². The standard InChI is InChI=1S/C27H31N3O6S2/c1-27(2,3)36-26(34)28-19-13-29(37-5)11-14-10-20(38-24(14)19)16-8-9-17-21(23(16)35-4)30(15-6-7-15)12-18(22(17)31)25(32)33/h8-10,12,15,19H,6-7,11,13H2,1-5H3,(H,28,34)(H,32,33). The van der Waals surface area contributed by atoms with E-state index in [0.717, 1.165) is 40.3 Å². The maximum Gasteiger partial charge on any atom is 0.408 e. The lowest BCUT2D eigenvalue weighted by molar-refractivity contribution is 0.0495. The number of thiophene rings is 1.